The topological polar surface area (TPSA) is 64.0 Å². The standard InChI is InChI=1S/C32H35N3O2S/c1-4-23-9-8-12-27(19-23)35-29(17-22(2)34-35)30(36)20-25-10-7-11-26(18-25)32(33-21-24-15-16-24)28-13-5-6-14-31(28)38(3)37/h5-14,17-19,24,32-33H,4,15-16,20-21H2,1-3H3. The number of carbonyl (C=O) groups is 1. The minimum absolute atomic E-state index is 0.0298. The predicted octanol–water partition coefficient (Wildman–Crippen LogP) is 5.99. The molecule has 6 heteroatoms. The van der Waals surface area contributed by atoms with Crippen molar-refractivity contribution in [3.05, 3.63) is 113 Å². The SMILES string of the molecule is CCc1cccc(-n2nc(C)cc2C(=O)Cc2cccc(C(NCC3CC3)c3ccccc3S(C)=O)c2)c1. The molecule has 1 aromatic heterocycles. The first-order valence-electron chi connectivity index (χ1n) is 13.4. The second kappa shape index (κ2) is 11.6. The lowest BCUT2D eigenvalue weighted by molar-refractivity contribution is 0.0985. The fourth-order valence-electron chi connectivity index (χ4n) is 4.96. The molecule has 38 heavy (non-hydrogen) atoms. The Balaban J connectivity index is 1.44. The fraction of sp³-hybridized carbons (Fsp3) is 0.312. The van der Waals surface area contributed by atoms with E-state index in [0.29, 0.717) is 11.6 Å². The van der Waals surface area contributed by atoms with Gasteiger partial charge in [-0.1, -0.05) is 61.5 Å². The van der Waals surface area contributed by atoms with Gasteiger partial charge in [0.15, 0.2) is 5.78 Å². The molecule has 0 spiro atoms. The third kappa shape index (κ3) is 6.03. The molecule has 196 valence electrons. The molecule has 1 aliphatic carbocycles. The molecule has 5 nitrogen and oxygen atoms in total. The number of rotatable bonds is 11. The van der Waals surface area contributed by atoms with Crippen LogP contribution in [-0.2, 0) is 23.6 Å². The van der Waals surface area contributed by atoms with Crippen LogP contribution in [0.4, 0.5) is 0 Å². The van der Waals surface area contributed by atoms with Crippen molar-refractivity contribution in [2.75, 3.05) is 12.8 Å². The highest BCUT2D eigenvalue weighted by Gasteiger charge is 2.25. The highest BCUT2D eigenvalue weighted by Crippen LogP contribution is 2.32. The molecule has 3 aromatic carbocycles. The number of nitrogens with zero attached hydrogens (tertiary/aromatic N) is 2. The maximum absolute atomic E-state index is 13.6. The lowest BCUT2D eigenvalue weighted by Gasteiger charge is -2.22. The monoisotopic (exact) mass is 525 g/mol. The van der Waals surface area contributed by atoms with Gasteiger partial charge in [0.2, 0.25) is 0 Å². The maximum atomic E-state index is 13.6. The summed E-state index contributed by atoms with van der Waals surface area (Å²) in [5.41, 5.74) is 6.58. The van der Waals surface area contributed by atoms with Crippen LogP contribution >= 0.6 is 0 Å². The van der Waals surface area contributed by atoms with E-state index in [0.717, 1.165) is 45.9 Å². The minimum atomic E-state index is -1.10. The van der Waals surface area contributed by atoms with Gasteiger partial charge < -0.3 is 5.32 Å². The Kier molecular flexibility index (Phi) is 8.01. The highest BCUT2D eigenvalue weighted by atomic mass is 32.2. The summed E-state index contributed by atoms with van der Waals surface area (Å²) in [6.07, 6.45) is 5.44. The molecular formula is C32H35N3O2S. The highest BCUT2D eigenvalue weighted by molar-refractivity contribution is 7.84. The van der Waals surface area contributed by atoms with Crippen molar-refractivity contribution in [1.29, 1.82) is 0 Å². The molecule has 0 bridgehead atoms. The van der Waals surface area contributed by atoms with E-state index in [9.17, 15) is 9.00 Å². The number of benzene rings is 3. The molecule has 5 rings (SSSR count). The zero-order valence-corrected chi connectivity index (χ0v) is 23.1. The van der Waals surface area contributed by atoms with Gasteiger partial charge >= 0.3 is 0 Å². The van der Waals surface area contributed by atoms with Gasteiger partial charge in [0.1, 0.15) is 5.69 Å². The number of aromatic nitrogens is 2. The van der Waals surface area contributed by atoms with E-state index in [2.05, 4.69) is 47.7 Å². The van der Waals surface area contributed by atoms with E-state index in [1.54, 1.807) is 10.9 Å². The number of Topliss-reactive ketones (excluding diaryl/α,β-unsaturated/α-hetero) is 1. The molecule has 0 radical (unpaired) electrons. The Hall–Kier alpha value is -3.35. The minimum Gasteiger partial charge on any atom is -0.306 e. The van der Waals surface area contributed by atoms with E-state index >= 15 is 0 Å². The van der Waals surface area contributed by atoms with Crippen molar-refractivity contribution >= 4 is 16.6 Å². The molecule has 2 unspecified atom stereocenters. The van der Waals surface area contributed by atoms with Gasteiger partial charge in [0.25, 0.3) is 0 Å². The summed E-state index contributed by atoms with van der Waals surface area (Å²) >= 11 is 0. The number of ketones is 1. The molecule has 0 amide bonds. The third-order valence-electron chi connectivity index (χ3n) is 7.18. The van der Waals surface area contributed by atoms with E-state index in [-0.39, 0.29) is 18.2 Å². The Morgan fingerprint density at radius 3 is 2.55 bits per heavy atom. The summed E-state index contributed by atoms with van der Waals surface area (Å²) < 4.78 is 14.3. The Morgan fingerprint density at radius 1 is 1.03 bits per heavy atom. The first kappa shape index (κ1) is 26.3. The van der Waals surface area contributed by atoms with Crippen molar-refractivity contribution in [2.45, 2.75) is 50.5 Å². The molecule has 4 aromatic rings. The van der Waals surface area contributed by atoms with Gasteiger partial charge in [-0.15, -0.1) is 0 Å². The Labute approximate surface area is 227 Å². The molecule has 1 N–H and O–H groups in total. The van der Waals surface area contributed by atoms with E-state index < -0.39 is 10.8 Å². The molecule has 1 saturated carbocycles. The van der Waals surface area contributed by atoms with Crippen LogP contribution in [0.5, 0.6) is 0 Å². The van der Waals surface area contributed by atoms with Gasteiger partial charge in [-0.25, -0.2) is 4.68 Å². The van der Waals surface area contributed by atoms with Crippen LogP contribution in [0, 0.1) is 12.8 Å². The molecule has 2 atom stereocenters. The van der Waals surface area contributed by atoms with Crippen molar-refractivity contribution in [1.82, 2.24) is 15.1 Å². The Morgan fingerprint density at radius 2 is 1.79 bits per heavy atom. The average Bonchev–Trinajstić information content (AvgIpc) is 3.67. The van der Waals surface area contributed by atoms with Gasteiger partial charge in [-0.2, -0.15) is 5.10 Å². The zero-order chi connectivity index (χ0) is 26.6. The first-order valence-corrected chi connectivity index (χ1v) is 14.9. The molecule has 1 aliphatic rings. The van der Waals surface area contributed by atoms with Crippen LogP contribution in [0.3, 0.4) is 0 Å². The summed E-state index contributed by atoms with van der Waals surface area (Å²) in [4.78, 5) is 14.4. The smallest absolute Gasteiger partial charge is 0.185 e. The van der Waals surface area contributed by atoms with Crippen LogP contribution in [-0.4, -0.2) is 32.6 Å². The quantitative estimate of drug-likeness (QED) is 0.244. The van der Waals surface area contributed by atoms with Gasteiger partial charge in [0, 0.05) is 17.6 Å². The van der Waals surface area contributed by atoms with E-state index in [1.165, 1.54) is 18.4 Å². The first-order chi connectivity index (χ1) is 18.4. The van der Waals surface area contributed by atoms with Crippen LogP contribution in [0.15, 0.2) is 83.8 Å². The molecule has 0 aliphatic heterocycles. The molecule has 1 fully saturated rings. The number of hydrogen-bond donors (Lipinski definition) is 1. The van der Waals surface area contributed by atoms with Crippen molar-refractivity contribution < 1.29 is 9.00 Å². The molecule has 0 saturated heterocycles. The molecular weight excluding hydrogens is 490 g/mol. The van der Waals surface area contributed by atoms with E-state index in [1.807, 2.05) is 55.5 Å². The second-order valence-corrected chi connectivity index (χ2v) is 11.6. The third-order valence-corrected chi connectivity index (χ3v) is 8.17. The normalized spacial score (nSPS) is 14.8. The predicted molar refractivity (Wildman–Crippen MR) is 153 cm³/mol. The number of carbonyl (C=O) groups excluding carboxylic acids is 1. The fourth-order valence-corrected chi connectivity index (χ4v) is 5.74. The lowest BCUT2D eigenvalue weighted by Crippen LogP contribution is -2.26. The van der Waals surface area contributed by atoms with Crippen LogP contribution in [0.2, 0.25) is 0 Å². The average molecular weight is 526 g/mol. The van der Waals surface area contributed by atoms with Crippen LogP contribution in [0.25, 0.3) is 5.69 Å². The van der Waals surface area contributed by atoms with Crippen LogP contribution < -0.4 is 5.32 Å². The van der Waals surface area contributed by atoms with Gasteiger partial charge in [0.05, 0.1) is 28.2 Å². The largest absolute Gasteiger partial charge is 0.306 e. The number of nitrogens with one attached hydrogen (secondary N) is 1. The summed E-state index contributed by atoms with van der Waals surface area (Å²) in [5.74, 6) is 0.735. The maximum Gasteiger partial charge on any atom is 0.185 e. The second-order valence-electron chi connectivity index (χ2n) is 10.2. The number of hydrogen-bond acceptors (Lipinski definition) is 4. The zero-order valence-electron chi connectivity index (χ0n) is 22.3. The van der Waals surface area contributed by atoms with Crippen molar-refractivity contribution in [3.63, 3.8) is 0 Å². The summed E-state index contributed by atoms with van der Waals surface area (Å²) in [6.45, 7) is 4.96. The van der Waals surface area contributed by atoms with Crippen molar-refractivity contribution in [3.8, 4) is 5.69 Å². The van der Waals surface area contributed by atoms with Gasteiger partial charge in [-0.3, -0.25) is 9.00 Å². The van der Waals surface area contributed by atoms with Gasteiger partial charge in [-0.05, 0) is 85.2 Å². The summed E-state index contributed by atoms with van der Waals surface area (Å²) in [7, 11) is -1.10. The number of aryl methyl sites for hydroxylation is 2. The van der Waals surface area contributed by atoms with Crippen molar-refractivity contribution in [2.24, 2.45) is 5.92 Å². The Bertz CT molecular complexity index is 1470. The van der Waals surface area contributed by atoms with Crippen LogP contribution in [0.1, 0.15) is 64.2 Å². The summed E-state index contributed by atoms with van der Waals surface area (Å²) in [6, 6.07) is 26.2. The summed E-state index contributed by atoms with van der Waals surface area (Å²) in [5, 5.41) is 8.37. The molecule has 1 heterocycles. The lowest BCUT2D eigenvalue weighted by atomic mass is 9.95. The van der Waals surface area contributed by atoms with E-state index in [4.69, 9.17) is 0 Å².